The minimum absolute atomic E-state index is 0.0105. The highest BCUT2D eigenvalue weighted by Crippen LogP contribution is 2.20. The number of hydrogen-bond acceptors (Lipinski definition) is 3. The van der Waals surface area contributed by atoms with Crippen LogP contribution in [0.1, 0.15) is 25.5 Å². The van der Waals surface area contributed by atoms with Crippen molar-refractivity contribution >= 4 is 23.3 Å². The summed E-state index contributed by atoms with van der Waals surface area (Å²) in [6, 6.07) is 16.4. The lowest BCUT2D eigenvalue weighted by Crippen LogP contribution is -2.49. The van der Waals surface area contributed by atoms with Gasteiger partial charge in [-0.2, -0.15) is 0 Å². The molecule has 2 aromatic carbocycles. The number of urea groups is 1. The summed E-state index contributed by atoms with van der Waals surface area (Å²) < 4.78 is 0. The zero-order valence-electron chi connectivity index (χ0n) is 15.7. The molecule has 0 aliphatic carbocycles. The Hall–Kier alpha value is -2.86. The highest BCUT2D eigenvalue weighted by molar-refractivity contribution is 5.99. The molecule has 2 atom stereocenters. The molecule has 0 radical (unpaired) electrons. The fourth-order valence-corrected chi connectivity index (χ4v) is 2.98. The first kappa shape index (κ1) is 18.9. The van der Waals surface area contributed by atoms with Gasteiger partial charge in [-0.3, -0.25) is 4.79 Å². The first-order chi connectivity index (χ1) is 13.0. The van der Waals surface area contributed by atoms with Crippen molar-refractivity contribution in [3.8, 4) is 0 Å². The minimum Gasteiger partial charge on any atom is -0.349 e. The highest BCUT2D eigenvalue weighted by Gasteiger charge is 2.29. The Bertz CT molecular complexity index is 773. The van der Waals surface area contributed by atoms with Gasteiger partial charge in [0.1, 0.15) is 0 Å². The smallest absolute Gasteiger partial charge is 0.323 e. The number of nitrogens with one attached hydrogen (secondary N) is 4. The van der Waals surface area contributed by atoms with Gasteiger partial charge >= 0.3 is 6.03 Å². The Kier molecular flexibility index (Phi) is 6.08. The summed E-state index contributed by atoms with van der Waals surface area (Å²) in [4.78, 5) is 24.4. The lowest BCUT2D eigenvalue weighted by atomic mass is 9.88. The Morgan fingerprint density at radius 3 is 2.07 bits per heavy atom. The predicted octanol–water partition coefficient (Wildman–Crippen LogP) is 3.36. The van der Waals surface area contributed by atoms with Crippen molar-refractivity contribution in [2.24, 2.45) is 11.8 Å². The standard InChI is InChI=1S/C21H26N4O2/c1-14(17-12-22-13-17)20(26)23-15(2)16-8-10-19(11-9-16)25-21(27)24-18-6-4-3-5-7-18/h3-11,14-15,17,22H,12-13H2,1-2H3,(H,23,26)(H2,24,25,27). The van der Waals surface area contributed by atoms with E-state index in [1.807, 2.05) is 68.4 Å². The van der Waals surface area contributed by atoms with E-state index in [9.17, 15) is 9.59 Å². The van der Waals surface area contributed by atoms with Crippen LogP contribution in [0.3, 0.4) is 0 Å². The number of carbonyl (C=O) groups excluding carboxylic acids is 2. The van der Waals surface area contributed by atoms with E-state index in [2.05, 4.69) is 21.3 Å². The number of benzene rings is 2. The van der Waals surface area contributed by atoms with Crippen LogP contribution in [0.25, 0.3) is 0 Å². The Balaban J connectivity index is 1.51. The van der Waals surface area contributed by atoms with E-state index in [1.165, 1.54) is 0 Å². The van der Waals surface area contributed by atoms with Gasteiger partial charge < -0.3 is 21.3 Å². The van der Waals surface area contributed by atoms with E-state index < -0.39 is 0 Å². The third-order valence-corrected chi connectivity index (χ3v) is 4.99. The molecule has 0 bridgehead atoms. The fraction of sp³-hybridized carbons (Fsp3) is 0.333. The maximum Gasteiger partial charge on any atom is 0.323 e. The molecule has 2 aromatic rings. The lowest BCUT2D eigenvalue weighted by molar-refractivity contribution is -0.127. The van der Waals surface area contributed by atoms with Crippen molar-refractivity contribution in [1.29, 1.82) is 0 Å². The summed E-state index contributed by atoms with van der Waals surface area (Å²) in [6.45, 7) is 5.77. The number of anilines is 2. The number of rotatable bonds is 6. The van der Waals surface area contributed by atoms with Gasteiger partial charge in [0, 0.05) is 17.3 Å². The SMILES string of the molecule is CC(NC(=O)C(C)C1CNC1)c1ccc(NC(=O)Nc2ccccc2)cc1. The van der Waals surface area contributed by atoms with Gasteiger partial charge in [-0.05, 0) is 55.8 Å². The average Bonchev–Trinajstić information content (AvgIpc) is 2.61. The molecular formula is C21H26N4O2. The topological polar surface area (TPSA) is 82.3 Å². The molecule has 1 aliphatic rings. The van der Waals surface area contributed by atoms with E-state index in [0.29, 0.717) is 11.6 Å². The molecule has 3 amide bonds. The monoisotopic (exact) mass is 366 g/mol. The molecule has 1 heterocycles. The molecule has 1 fully saturated rings. The van der Waals surface area contributed by atoms with E-state index in [-0.39, 0.29) is 23.9 Å². The molecule has 1 saturated heterocycles. The summed E-state index contributed by atoms with van der Waals surface area (Å²) in [7, 11) is 0. The molecule has 4 N–H and O–H groups in total. The maximum absolute atomic E-state index is 12.3. The summed E-state index contributed by atoms with van der Waals surface area (Å²) in [5.41, 5.74) is 2.43. The molecule has 3 rings (SSSR count). The number of hydrogen-bond donors (Lipinski definition) is 4. The molecule has 142 valence electrons. The zero-order valence-corrected chi connectivity index (χ0v) is 15.7. The van der Waals surface area contributed by atoms with Crippen LogP contribution in [0, 0.1) is 11.8 Å². The van der Waals surface area contributed by atoms with Crippen LogP contribution < -0.4 is 21.3 Å². The number of para-hydroxylation sites is 1. The predicted molar refractivity (Wildman–Crippen MR) is 108 cm³/mol. The number of carbonyl (C=O) groups is 2. The average molecular weight is 366 g/mol. The molecule has 6 nitrogen and oxygen atoms in total. The van der Waals surface area contributed by atoms with Gasteiger partial charge in [0.05, 0.1) is 6.04 Å². The molecule has 1 aliphatic heterocycles. The molecular weight excluding hydrogens is 340 g/mol. The van der Waals surface area contributed by atoms with Crippen LogP contribution in [0.4, 0.5) is 16.2 Å². The number of amides is 3. The van der Waals surface area contributed by atoms with Gasteiger partial charge in [0.25, 0.3) is 0 Å². The molecule has 6 heteroatoms. The normalized spacial score (nSPS) is 15.9. The Morgan fingerprint density at radius 2 is 1.52 bits per heavy atom. The third kappa shape index (κ3) is 5.08. The quantitative estimate of drug-likeness (QED) is 0.633. The second-order valence-corrected chi connectivity index (χ2v) is 7.00. The van der Waals surface area contributed by atoms with Crippen LogP contribution >= 0.6 is 0 Å². The Labute approximate surface area is 159 Å². The lowest BCUT2D eigenvalue weighted by Gasteiger charge is -2.32. The van der Waals surface area contributed by atoms with Gasteiger partial charge in [0.15, 0.2) is 0 Å². The largest absolute Gasteiger partial charge is 0.349 e. The van der Waals surface area contributed by atoms with Crippen LogP contribution in [-0.4, -0.2) is 25.0 Å². The van der Waals surface area contributed by atoms with Crippen molar-refractivity contribution in [3.63, 3.8) is 0 Å². The summed E-state index contributed by atoms with van der Waals surface area (Å²) >= 11 is 0. The van der Waals surface area contributed by atoms with E-state index in [0.717, 1.165) is 24.3 Å². The second-order valence-electron chi connectivity index (χ2n) is 7.00. The van der Waals surface area contributed by atoms with Crippen LogP contribution in [0.5, 0.6) is 0 Å². The molecule has 2 unspecified atom stereocenters. The van der Waals surface area contributed by atoms with Crippen molar-refractivity contribution in [1.82, 2.24) is 10.6 Å². The van der Waals surface area contributed by atoms with Crippen LogP contribution in [0.15, 0.2) is 54.6 Å². The zero-order chi connectivity index (χ0) is 19.2. The van der Waals surface area contributed by atoms with Gasteiger partial charge in [-0.25, -0.2) is 4.79 Å². The van der Waals surface area contributed by atoms with Crippen molar-refractivity contribution in [2.75, 3.05) is 23.7 Å². The first-order valence-electron chi connectivity index (χ1n) is 9.27. The van der Waals surface area contributed by atoms with Crippen molar-refractivity contribution in [2.45, 2.75) is 19.9 Å². The van der Waals surface area contributed by atoms with Gasteiger partial charge in [-0.15, -0.1) is 0 Å². The van der Waals surface area contributed by atoms with Crippen molar-refractivity contribution < 1.29 is 9.59 Å². The van der Waals surface area contributed by atoms with Crippen LogP contribution in [0.2, 0.25) is 0 Å². The summed E-state index contributed by atoms with van der Waals surface area (Å²) in [6.07, 6.45) is 0. The molecule has 0 aromatic heterocycles. The fourth-order valence-electron chi connectivity index (χ4n) is 2.98. The molecule has 0 saturated carbocycles. The third-order valence-electron chi connectivity index (χ3n) is 4.99. The second kappa shape index (κ2) is 8.68. The first-order valence-corrected chi connectivity index (χ1v) is 9.27. The summed E-state index contributed by atoms with van der Waals surface area (Å²) in [5.74, 6) is 0.515. The van der Waals surface area contributed by atoms with Crippen LogP contribution in [-0.2, 0) is 4.79 Å². The molecule has 27 heavy (non-hydrogen) atoms. The minimum atomic E-state index is -0.293. The van der Waals surface area contributed by atoms with E-state index in [4.69, 9.17) is 0 Å². The van der Waals surface area contributed by atoms with Gasteiger partial charge in [0.2, 0.25) is 5.91 Å². The maximum atomic E-state index is 12.3. The highest BCUT2D eigenvalue weighted by atomic mass is 16.2. The van der Waals surface area contributed by atoms with Crippen molar-refractivity contribution in [3.05, 3.63) is 60.2 Å². The van der Waals surface area contributed by atoms with E-state index >= 15 is 0 Å². The van der Waals surface area contributed by atoms with Gasteiger partial charge in [-0.1, -0.05) is 37.3 Å². The summed E-state index contributed by atoms with van der Waals surface area (Å²) in [5, 5.41) is 11.8. The van der Waals surface area contributed by atoms with E-state index in [1.54, 1.807) is 0 Å². The Morgan fingerprint density at radius 1 is 0.926 bits per heavy atom. The molecule has 0 spiro atoms.